The van der Waals surface area contributed by atoms with Crippen LogP contribution < -0.4 is 10.6 Å². The third-order valence-electron chi connectivity index (χ3n) is 2.46. The Labute approximate surface area is 140 Å². The van der Waals surface area contributed by atoms with Gasteiger partial charge in [0, 0.05) is 16.0 Å². The molecule has 0 unspecified atom stereocenters. The molecule has 2 N–H and O–H groups in total. The molecule has 0 radical (unpaired) electrons. The minimum atomic E-state index is 0.434. The van der Waals surface area contributed by atoms with Crippen molar-refractivity contribution < 1.29 is 0 Å². The van der Waals surface area contributed by atoms with Gasteiger partial charge >= 0.3 is 0 Å². The molecule has 2 aromatic rings. The zero-order chi connectivity index (χ0) is 14.7. The summed E-state index contributed by atoms with van der Waals surface area (Å²) in [5.41, 5.74) is 0.775. The summed E-state index contributed by atoms with van der Waals surface area (Å²) in [6.07, 6.45) is 0. The quantitative estimate of drug-likeness (QED) is 0.669. The molecule has 0 bridgehead atoms. The van der Waals surface area contributed by atoms with Crippen molar-refractivity contribution in [3.8, 4) is 0 Å². The van der Waals surface area contributed by atoms with Crippen LogP contribution in [0.5, 0.6) is 0 Å². The minimum absolute atomic E-state index is 0.434. The largest absolute Gasteiger partial charge is 0.369 e. The number of nitrogens with one attached hydrogen (secondary N) is 2. The van der Waals surface area contributed by atoms with Crippen LogP contribution in [0.4, 0.5) is 17.3 Å². The molecule has 0 fully saturated rings. The van der Waals surface area contributed by atoms with E-state index >= 15 is 0 Å². The Morgan fingerprint density at radius 2 is 1.80 bits per heavy atom. The fourth-order valence-corrected chi connectivity index (χ4v) is 2.56. The van der Waals surface area contributed by atoms with Crippen LogP contribution in [0.25, 0.3) is 0 Å². The standard InChI is InChI=1S/C13H11BrCl3N3/c1-2-18-12-9(16)6-10(17)13(20-12)19-11-5-7(15)3-4-8(11)14/h3-6H,2H2,1H3,(H2,18,19,20). The van der Waals surface area contributed by atoms with Gasteiger partial charge in [-0.2, -0.15) is 0 Å². The molecule has 7 heteroatoms. The molecule has 0 saturated carbocycles. The van der Waals surface area contributed by atoms with Gasteiger partial charge in [-0.3, -0.25) is 0 Å². The first kappa shape index (κ1) is 15.7. The molecule has 1 aromatic heterocycles. The van der Waals surface area contributed by atoms with Gasteiger partial charge in [0.05, 0.1) is 15.7 Å². The van der Waals surface area contributed by atoms with E-state index in [2.05, 4.69) is 31.5 Å². The maximum absolute atomic E-state index is 6.16. The van der Waals surface area contributed by atoms with Crippen molar-refractivity contribution in [2.75, 3.05) is 17.2 Å². The number of rotatable bonds is 4. The molecule has 0 spiro atoms. The smallest absolute Gasteiger partial charge is 0.151 e. The van der Waals surface area contributed by atoms with E-state index in [1.807, 2.05) is 13.0 Å². The van der Waals surface area contributed by atoms with Crippen molar-refractivity contribution in [3.63, 3.8) is 0 Å². The van der Waals surface area contributed by atoms with E-state index in [1.54, 1.807) is 18.2 Å². The van der Waals surface area contributed by atoms with Crippen molar-refractivity contribution in [3.05, 3.63) is 43.8 Å². The topological polar surface area (TPSA) is 37.0 Å². The summed E-state index contributed by atoms with van der Waals surface area (Å²) < 4.78 is 0.861. The van der Waals surface area contributed by atoms with Crippen LogP contribution in [-0.2, 0) is 0 Å². The minimum Gasteiger partial charge on any atom is -0.369 e. The first-order chi connectivity index (χ1) is 9.51. The van der Waals surface area contributed by atoms with Gasteiger partial charge in [-0.25, -0.2) is 4.98 Å². The normalized spacial score (nSPS) is 10.4. The summed E-state index contributed by atoms with van der Waals surface area (Å²) in [5, 5.41) is 7.74. The van der Waals surface area contributed by atoms with Crippen LogP contribution >= 0.6 is 50.7 Å². The zero-order valence-electron chi connectivity index (χ0n) is 10.5. The number of hydrogen-bond acceptors (Lipinski definition) is 3. The van der Waals surface area contributed by atoms with Crippen LogP contribution in [0, 0.1) is 0 Å². The second kappa shape index (κ2) is 6.85. The summed E-state index contributed by atoms with van der Waals surface area (Å²) in [7, 11) is 0. The zero-order valence-corrected chi connectivity index (χ0v) is 14.3. The molecule has 20 heavy (non-hydrogen) atoms. The lowest BCUT2D eigenvalue weighted by Crippen LogP contribution is -2.03. The highest BCUT2D eigenvalue weighted by Gasteiger charge is 2.10. The van der Waals surface area contributed by atoms with Crippen molar-refractivity contribution in [2.45, 2.75) is 6.92 Å². The number of halogens is 4. The molecule has 0 aliphatic rings. The van der Waals surface area contributed by atoms with E-state index in [0.717, 1.165) is 10.2 Å². The predicted octanol–water partition coefficient (Wildman–Crippen LogP) is 5.98. The Bertz CT molecular complexity index is 634. The molecule has 0 aliphatic heterocycles. The third-order valence-corrected chi connectivity index (χ3v) is 3.96. The summed E-state index contributed by atoms with van der Waals surface area (Å²) in [6, 6.07) is 7.07. The van der Waals surface area contributed by atoms with Crippen molar-refractivity contribution >= 4 is 68.1 Å². The number of hydrogen-bond donors (Lipinski definition) is 2. The average Bonchev–Trinajstić information content (AvgIpc) is 2.39. The molecule has 2 rings (SSSR count). The SMILES string of the molecule is CCNc1nc(Nc2cc(Cl)ccc2Br)c(Cl)cc1Cl. The maximum Gasteiger partial charge on any atom is 0.151 e. The van der Waals surface area contributed by atoms with E-state index in [1.165, 1.54) is 0 Å². The van der Waals surface area contributed by atoms with E-state index in [9.17, 15) is 0 Å². The highest BCUT2D eigenvalue weighted by Crippen LogP contribution is 2.34. The van der Waals surface area contributed by atoms with Crippen molar-refractivity contribution in [1.82, 2.24) is 4.98 Å². The molecular formula is C13H11BrCl3N3. The van der Waals surface area contributed by atoms with E-state index in [-0.39, 0.29) is 0 Å². The molecule has 0 saturated heterocycles. The first-order valence-corrected chi connectivity index (χ1v) is 7.76. The lowest BCUT2D eigenvalue weighted by molar-refractivity contribution is 1.16. The van der Waals surface area contributed by atoms with Gasteiger partial charge in [0.15, 0.2) is 5.82 Å². The van der Waals surface area contributed by atoms with Crippen LogP contribution in [0.1, 0.15) is 6.92 Å². The molecule has 1 aromatic carbocycles. The Morgan fingerprint density at radius 3 is 2.50 bits per heavy atom. The monoisotopic (exact) mass is 393 g/mol. The van der Waals surface area contributed by atoms with Gasteiger partial charge < -0.3 is 10.6 Å². The molecule has 3 nitrogen and oxygen atoms in total. The Morgan fingerprint density at radius 1 is 1.10 bits per heavy atom. The number of benzene rings is 1. The van der Waals surface area contributed by atoms with Crippen LogP contribution in [0.15, 0.2) is 28.7 Å². The Hall–Kier alpha value is -0.680. The summed E-state index contributed by atoms with van der Waals surface area (Å²) in [5.74, 6) is 1.09. The summed E-state index contributed by atoms with van der Waals surface area (Å²) in [4.78, 5) is 4.38. The highest BCUT2D eigenvalue weighted by atomic mass is 79.9. The van der Waals surface area contributed by atoms with E-state index in [4.69, 9.17) is 34.8 Å². The van der Waals surface area contributed by atoms with E-state index < -0.39 is 0 Å². The van der Waals surface area contributed by atoms with Gasteiger partial charge in [0.1, 0.15) is 5.82 Å². The lowest BCUT2D eigenvalue weighted by Gasteiger charge is -2.13. The number of aromatic nitrogens is 1. The highest BCUT2D eigenvalue weighted by molar-refractivity contribution is 9.10. The average molecular weight is 396 g/mol. The maximum atomic E-state index is 6.16. The van der Waals surface area contributed by atoms with Gasteiger partial charge in [-0.05, 0) is 47.1 Å². The Balaban J connectivity index is 2.37. The second-order valence-corrected chi connectivity index (χ2v) is 6.03. The fourth-order valence-electron chi connectivity index (χ4n) is 1.57. The molecule has 0 aliphatic carbocycles. The summed E-state index contributed by atoms with van der Waals surface area (Å²) >= 11 is 21.7. The Kier molecular flexibility index (Phi) is 5.38. The fraction of sp³-hybridized carbons (Fsp3) is 0.154. The van der Waals surface area contributed by atoms with Gasteiger partial charge in [-0.1, -0.05) is 34.8 Å². The summed E-state index contributed by atoms with van der Waals surface area (Å²) in [6.45, 7) is 2.68. The van der Waals surface area contributed by atoms with Crippen LogP contribution in [0.2, 0.25) is 15.1 Å². The van der Waals surface area contributed by atoms with Crippen LogP contribution in [-0.4, -0.2) is 11.5 Å². The predicted molar refractivity (Wildman–Crippen MR) is 90.9 cm³/mol. The molecule has 0 atom stereocenters. The molecular weight excluding hydrogens is 384 g/mol. The molecule has 1 heterocycles. The number of nitrogens with zero attached hydrogens (tertiary/aromatic N) is 1. The lowest BCUT2D eigenvalue weighted by atomic mass is 10.3. The number of pyridine rings is 1. The van der Waals surface area contributed by atoms with Crippen molar-refractivity contribution in [2.24, 2.45) is 0 Å². The van der Waals surface area contributed by atoms with Gasteiger partial charge in [0.2, 0.25) is 0 Å². The van der Waals surface area contributed by atoms with Crippen LogP contribution in [0.3, 0.4) is 0 Å². The molecule has 106 valence electrons. The third kappa shape index (κ3) is 3.70. The second-order valence-electron chi connectivity index (χ2n) is 3.93. The first-order valence-electron chi connectivity index (χ1n) is 5.83. The van der Waals surface area contributed by atoms with Gasteiger partial charge in [0.25, 0.3) is 0 Å². The molecule has 0 amide bonds. The van der Waals surface area contributed by atoms with Crippen molar-refractivity contribution in [1.29, 1.82) is 0 Å². The number of anilines is 3. The van der Waals surface area contributed by atoms with Gasteiger partial charge in [-0.15, -0.1) is 0 Å². The van der Waals surface area contributed by atoms with E-state index in [0.29, 0.717) is 33.2 Å².